The van der Waals surface area contributed by atoms with Crippen LogP contribution < -0.4 is 4.74 Å². The topological polar surface area (TPSA) is 29.5 Å². The highest BCUT2D eigenvalue weighted by Crippen LogP contribution is 2.45. The zero-order valence-corrected chi connectivity index (χ0v) is 9.68. The molecule has 2 heteroatoms. The third-order valence-electron chi connectivity index (χ3n) is 3.36. The van der Waals surface area contributed by atoms with Crippen molar-refractivity contribution in [3.63, 3.8) is 0 Å². The predicted octanol–water partition coefficient (Wildman–Crippen LogP) is 3.44. The van der Waals surface area contributed by atoms with Crippen LogP contribution in [0.3, 0.4) is 0 Å². The molecule has 0 spiro atoms. The number of para-hydroxylation sites is 2. The molecule has 0 aliphatic carbocycles. The Hall–Kier alpha value is -1.80. The van der Waals surface area contributed by atoms with E-state index < -0.39 is 0 Å². The van der Waals surface area contributed by atoms with E-state index in [0.717, 1.165) is 22.6 Å². The fourth-order valence-electron chi connectivity index (χ4n) is 2.40. The zero-order chi connectivity index (χ0) is 11.8. The van der Waals surface area contributed by atoms with Crippen LogP contribution in [-0.2, 0) is 6.61 Å². The molecule has 0 amide bonds. The lowest BCUT2D eigenvalue weighted by molar-refractivity contribution is 0.275. The van der Waals surface area contributed by atoms with Gasteiger partial charge in [0.1, 0.15) is 11.5 Å². The summed E-state index contributed by atoms with van der Waals surface area (Å²) in [5, 5.41) is 9.35. The Morgan fingerprint density at radius 3 is 2.65 bits per heavy atom. The van der Waals surface area contributed by atoms with Gasteiger partial charge in [-0.3, -0.25) is 0 Å². The molecule has 1 aliphatic heterocycles. The van der Waals surface area contributed by atoms with E-state index in [1.807, 2.05) is 30.3 Å². The van der Waals surface area contributed by atoms with Crippen molar-refractivity contribution < 1.29 is 9.84 Å². The number of aliphatic hydroxyl groups excluding tert-OH is 1. The summed E-state index contributed by atoms with van der Waals surface area (Å²) in [6, 6.07) is 14.0. The first-order valence-corrected chi connectivity index (χ1v) is 5.80. The van der Waals surface area contributed by atoms with Gasteiger partial charge >= 0.3 is 0 Å². The first kappa shape index (κ1) is 10.4. The quantitative estimate of drug-likeness (QED) is 0.807. The second-order valence-corrected chi connectivity index (χ2v) is 4.36. The summed E-state index contributed by atoms with van der Waals surface area (Å²) in [4.78, 5) is 0. The van der Waals surface area contributed by atoms with Gasteiger partial charge in [-0.15, -0.1) is 0 Å². The van der Waals surface area contributed by atoms with Crippen molar-refractivity contribution in [1.29, 1.82) is 0 Å². The van der Waals surface area contributed by atoms with Crippen molar-refractivity contribution in [2.45, 2.75) is 19.4 Å². The van der Waals surface area contributed by atoms with Gasteiger partial charge in [0, 0.05) is 22.6 Å². The summed E-state index contributed by atoms with van der Waals surface area (Å²) < 4.78 is 5.91. The highest BCUT2D eigenvalue weighted by atomic mass is 16.5. The standard InChI is InChI=1S/C15H14O2/c1-10-12-6-2-3-8-14(12)17-15-11(9-16)5-4-7-13(10)15/h2-8,10,16H,9H2,1H3. The van der Waals surface area contributed by atoms with Gasteiger partial charge < -0.3 is 9.84 Å². The van der Waals surface area contributed by atoms with Crippen molar-refractivity contribution in [3.05, 3.63) is 59.2 Å². The molecular formula is C15H14O2. The third kappa shape index (κ3) is 1.53. The molecule has 17 heavy (non-hydrogen) atoms. The van der Waals surface area contributed by atoms with Crippen molar-refractivity contribution >= 4 is 0 Å². The Bertz CT molecular complexity index is 561. The molecule has 1 heterocycles. The predicted molar refractivity (Wildman–Crippen MR) is 66.4 cm³/mol. The van der Waals surface area contributed by atoms with Crippen LogP contribution in [0.15, 0.2) is 42.5 Å². The largest absolute Gasteiger partial charge is 0.456 e. The van der Waals surface area contributed by atoms with E-state index in [0.29, 0.717) is 5.92 Å². The van der Waals surface area contributed by atoms with Crippen LogP contribution in [0.25, 0.3) is 0 Å². The monoisotopic (exact) mass is 226 g/mol. The molecule has 0 radical (unpaired) electrons. The second kappa shape index (κ2) is 3.90. The van der Waals surface area contributed by atoms with Gasteiger partial charge in [-0.25, -0.2) is 0 Å². The lowest BCUT2D eigenvalue weighted by Gasteiger charge is -2.27. The molecule has 0 bridgehead atoms. The van der Waals surface area contributed by atoms with Gasteiger partial charge in [0.2, 0.25) is 0 Å². The summed E-state index contributed by atoms with van der Waals surface area (Å²) in [6.45, 7) is 2.18. The summed E-state index contributed by atoms with van der Waals surface area (Å²) >= 11 is 0. The number of benzene rings is 2. The Balaban J connectivity index is 2.19. The van der Waals surface area contributed by atoms with Gasteiger partial charge in [0.15, 0.2) is 0 Å². The minimum absolute atomic E-state index is 0.0120. The molecule has 2 aromatic carbocycles. The van der Waals surface area contributed by atoms with Crippen molar-refractivity contribution in [1.82, 2.24) is 0 Å². The molecule has 1 atom stereocenters. The molecule has 2 aromatic rings. The molecule has 86 valence electrons. The average molecular weight is 226 g/mol. The Kier molecular flexibility index (Phi) is 2.37. The SMILES string of the molecule is CC1c2ccccc2Oc2c(CO)cccc21. The number of aliphatic hydroxyl groups is 1. The maximum atomic E-state index is 9.35. The molecule has 0 fully saturated rings. The van der Waals surface area contributed by atoms with Gasteiger partial charge in [-0.05, 0) is 6.07 Å². The molecular weight excluding hydrogens is 212 g/mol. The Morgan fingerprint density at radius 1 is 1.06 bits per heavy atom. The number of fused-ring (bicyclic) bond motifs is 2. The van der Waals surface area contributed by atoms with E-state index >= 15 is 0 Å². The smallest absolute Gasteiger partial charge is 0.136 e. The number of hydrogen-bond donors (Lipinski definition) is 1. The summed E-state index contributed by atoms with van der Waals surface area (Å²) in [5.74, 6) is 2.02. The molecule has 1 unspecified atom stereocenters. The van der Waals surface area contributed by atoms with E-state index in [-0.39, 0.29) is 6.61 Å². The normalized spacial score (nSPS) is 16.9. The van der Waals surface area contributed by atoms with Crippen LogP contribution in [0.5, 0.6) is 11.5 Å². The summed E-state index contributed by atoms with van der Waals surface area (Å²) in [5.41, 5.74) is 3.20. The van der Waals surface area contributed by atoms with Crippen LogP contribution in [-0.4, -0.2) is 5.11 Å². The lowest BCUT2D eigenvalue weighted by Crippen LogP contribution is -2.09. The molecule has 1 aliphatic rings. The maximum Gasteiger partial charge on any atom is 0.136 e. The third-order valence-corrected chi connectivity index (χ3v) is 3.36. The van der Waals surface area contributed by atoms with E-state index in [9.17, 15) is 5.11 Å². The Morgan fingerprint density at radius 2 is 1.82 bits per heavy atom. The minimum atomic E-state index is 0.0120. The van der Waals surface area contributed by atoms with E-state index in [1.165, 1.54) is 5.56 Å². The van der Waals surface area contributed by atoms with Crippen LogP contribution in [0.2, 0.25) is 0 Å². The number of rotatable bonds is 1. The molecule has 0 saturated heterocycles. The fraction of sp³-hybridized carbons (Fsp3) is 0.200. The van der Waals surface area contributed by atoms with Crippen molar-refractivity contribution in [2.75, 3.05) is 0 Å². The number of hydrogen-bond acceptors (Lipinski definition) is 2. The highest BCUT2D eigenvalue weighted by molar-refractivity contribution is 5.55. The molecule has 0 aromatic heterocycles. The molecule has 2 nitrogen and oxygen atoms in total. The van der Waals surface area contributed by atoms with Crippen LogP contribution >= 0.6 is 0 Å². The molecule has 3 rings (SSSR count). The first-order chi connectivity index (χ1) is 8.31. The lowest BCUT2D eigenvalue weighted by atomic mass is 9.88. The van der Waals surface area contributed by atoms with Gasteiger partial charge in [-0.1, -0.05) is 43.3 Å². The maximum absolute atomic E-state index is 9.35. The van der Waals surface area contributed by atoms with E-state index in [1.54, 1.807) is 0 Å². The second-order valence-electron chi connectivity index (χ2n) is 4.36. The van der Waals surface area contributed by atoms with Crippen molar-refractivity contribution in [2.24, 2.45) is 0 Å². The van der Waals surface area contributed by atoms with Gasteiger partial charge in [-0.2, -0.15) is 0 Å². The zero-order valence-electron chi connectivity index (χ0n) is 9.68. The van der Waals surface area contributed by atoms with Gasteiger partial charge in [0.25, 0.3) is 0 Å². The van der Waals surface area contributed by atoms with Crippen molar-refractivity contribution in [3.8, 4) is 11.5 Å². The molecule has 0 saturated carbocycles. The van der Waals surface area contributed by atoms with E-state index in [4.69, 9.17) is 4.74 Å². The fourth-order valence-corrected chi connectivity index (χ4v) is 2.40. The van der Waals surface area contributed by atoms with E-state index in [2.05, 4.69) is 19.1 Å². The number of ether oxygens (including phenoxy) is 1. The molecule has 1 N–H and O–H groups in total. The van der Waals surface area contributed by atoms with Crippen LogP contribution in [0.4, 0.5) is 0 Å². The van der Waals surface area contributed by atoms with Crippen LogP contribution in [0.1, 0.15) is 29.5 Å². The first-order valence-electron chi connectivity index (χ1n) is 5.80. The summed E-state index contributed by atoms with van der Waals surface area (Å²) in [6.07, 6.45) is 0. The average Bonchev–Trinajstić information content (AvgIpc) is 2.38. The summed E-state index contributed by atoms with van der Waals surface area (Å²) in [7, 11) is 0. The highest BCUT2D eigenvalue weighted by Gasteiger charge is 2.24. The minimum Gasteiger partial charge on any atom is -0.456 e. The van der Waals surface area contributed by atoms with Gasteiger partial charge in [0.05, 0.1) is 6.61 Å². The Labute approximate surface area is 100 Å². The van der Waals surface area contributed by atoms with Crippen LogP contribution in [0, 0.1) is 0 Å².